The summed E-state index contributed by atoms with van der Waals surface area (Å²) < 4.78 is 0. The number of amides is 1. The molecule has 0 aromatic rings. The number of alkyl halides is 1. The van der Waals surface area contributed by atoms with Crippen LogP contribution in [0.25, 0.3) is 0 Å². The van der Waals surface area contributed by atoms with E-state index in [2.05, 4.69) is 4.90 Å². The summed E-state index contributed by atoms with van der Waals surface area (Å²) in [7, 11) is 0. The maximum absolute atomic E-state index is 12.0. The van der Waals surface area contributed by atoms with Gasteiger partial charge in [0, 0.05) is 25.4 Å². The van der Waals surface area contributed by atoms with Gasteiger partial charge in [0.25, 0.3) is 0 Å². The van der Waals surface area contributed by atoms with Crippen molar-refractivity contribution < 1.29 is 4.79 Å². The number of hydrogen-bond donors (Lipinski definition) is 0. The maximum Gasteiger partial charge on any atom is 0.222 e. The van der Waals surface area contributed by atoms with Crippen LogP contribution in [0.2, 0.25) is 0 Å². The van der Waals surface area contributed by atoms with Gasteiger partial charge in [-0.05, 0) is 31.1 Å². The van der Waals surface area contributed by atoms with Gasteiger partial charge in [0.15, 0.2) is 0 Å². The Labute approximate surface area is 110 Å². The van der Waals surface area contributed by atoms with Crippen molar-refractivity contribution in [2.24, 2.45) is 11.8 Å². The average Bonchev–Trinajstić information content (AvgIpc) is 2.97. The fraction of sp³-hybridized carbons (Fsp3) is 0.929. The Bertz CT molecular complexity index is 251. The van der Waals surface area contributed by atoms with Gasteiger partial charge in [-0.15, -0.1) is 11.6 Å². The van der Waals surface area contributed by atoms with E-state index in [9.17, 15) is 4.79 Å². The van der Waals surface area contributed by atoms with Crippen molar-refractivity contribution >= 4 is 17.5 Å². The molecule has 98 valence electrons. The first kappa shape index (κ1) is 13.2. The number of carbonyl (C=O) groups is 1. The number of hydrogen-bond acceptors (Lipinski definition) is 1. The molecule has 17 heavy (non-hydrogen) atoms. The molecule has 0 spiro atoms. The molecule has 2 aliphatic rings. The van der Waals surface area contributed by atoms with Crippen molar-refractivity contribution in [3.8, 4) is 0 Å². The standard InChI is InChI=1S/C14H24ClNO/c15-9-7-13-8-10-16(11-13)14(17)6-5-12-3-1-2-4-12/h12-13H,1-11H2. The molecule has 1 heterocycles. The summed E-state index contributed by atoms with van der Waals surface area (Å²) in [5.41, 5.74) is 0. The van der Waals surface area contributed by atoms with E-state index in [1.807, 2.05) is 0 Å². The third-order valence-electron chi connectivity index (χ3n) is 4.40. The Morgan fingerprint density at radius 3 is 2.59 bits per heavy atom. The van der Waals surface area contributed by atoms with Crippen LogP contribution < -0.4 is 0 Å². The molecule has 2 rings (SSSR count). The lowest BCUT2D eigenvalue weighted by atomic mass is 10.0. The normalized spacial score (nSPS) is 25.7. The molecule has 0 radical (unpaired) electrons. The zero-order chi connectivity index (χ0) is 12.1. The smallest absolute Gasteiger partial charge is 0.222 e. The molecule has 1 aliphatic heterocycles. The molecule has 0 bridgehead atoms. The van der Waals surface area contributed by atoms with Crippen LogP contribution in [-0.4, -0.2) is 29.8 Å². The van der Waals surface area contributed by atoms with E-state index in [4.69, 9.17) is 11.6 Å². The Morgan fingerprint density at radius 2 is 1.88 bits per heavy atom. The van der Waals surface area contributed by atoms with Gasteiger partial charge in [-0.25, -0.2) is 0 Å². The molecule has 1 atom stereocenters. The van der Waals surface area contributed by atoms with Gasteiger partial charge >= 0.3 is 0 Å². The molecule has 3 heteroatoms. The molecule has 1 saturated heterocycles. The van der Waals surface area contributed by atoms with E-state index < -0.39 is 0 Å². The number of nitrogens with zero attached hydrogens (tertiary/aromatic N) is 1. The molecular formula is C14H24ClNO. The summed E-state index contributed by atoms with van der Waals surface area (Å²) >= 11 is 5.75. The first-order valence-electron chi connectivity index (χ1n) is 7.13. The molecule has 0 aromatic carbocycles. The second-order valence-corrected chi connectivity index (χ2v) is 6.04. The van der Waals surface area contributed by atoms with E-state index >= 15 is 0 Å². The second kappa shape index (κ2) is 6.63. The molecule has 1 unspecified atom stereocenters. The van der Waals surface area contributed by atoms with Gasteiger partial charge in [0.05, 0.1) is 0 Å². The van der Waals surface area contributed by atoms with Crippen LogP contribution in [0.4, 0.5) is 0 Å². The van der Waals surface area contributed by atoms with Gasteiger partial charge in [-0.2, -0.15) is 0 Å². The first-order valence-corrected chi connectivity index (χ1v) is 7.67. The summed E-state index contributed by atoms with van der Waals surface area (Å²) in [4.78, 5) is 14.1. The number of likely N-dealkylation sites (tertiary alicyclic amines) is 1. The van der Waals surface area contributed by atoms with Gasteiger partial charge in [-0.1, -0.05) is 25.7 Å². The lowest BCUT2D eigenvalue weighted by Gasteiger charge is -2.17. The fourth-order valence-corrected chi connectivity index (χ4v) is 3.54. The van der Waals surface area contributed by atoms with Crippen molar-refractivity contribution in [2.45, 2.75) is 51.4 Å². The van der Waals surface area contributed by atoms with Crippen LogP contribution in [0.1, 0.15) is 51.4 Å². The number of halogens is 1. The van der Waals surface area contributed by atoms with E-state index in [0.717, 1.165) is 50.6 Å². The minimum atomic E-state index is 0.383. The minimum Gasteiger partial charge on any atom is -0.342 e. The Kier molecular flexibility index (Phi) is 5.15. The molecule has 2 fully saturated rings. The first-order chi connectivity index (χ1) is 8.29. The summed E-state index contributed by atoms with van der Waals surface area (Å²) in [5.74, 6) is 2.60. The van der Waals surface area contributed by atoms with Crippen molar-refractivity contribution in [2.75, 3.05) is 19.0 Å². The van der Waals surface area contributed by atoms with Crippen LogP contribution in [0.3, 0.4) is 0 Å². The predicted molar refractivity (Wildman–Crippen MR) is 71.2 cm³/mol. The van der Waals surface area contributed by atoms with Crippen molar-refractivity contribution in [1.29, 1.82) is 0 Å². The second-order valence-electron chi connectivity index (χ2n) is 5.66. The van der Waals surface area contributed by atoms with E-state index in [0.29, 0.717) is 11.8 Å². The Balaban J connectivity index is 1.66. The lowest BCUT2D eigenvalue weighted by molar-refractivity contribution is -0.130. The molecular weight excluding hydrogens is 234 g/mol. The lowest BCUT2D eigenvalue weighted by Crippen LogP contribution is -2.28. The molecule has 1 amide bonds. The quantitative estimate of drug-likeness (QED) is 0.691. The minimum absolute atomic E-state index is 0.383. The largest absolute Gasteiger partial charge is 0.342 e. The molecule has 2 nitrogen and oxygen atoms in total. The molecule has 0 N–H and O–H groups in total. The van der Waals surface area contributed by atoms with Crippen LogP contribution in [-0.2, 0) is 4.79 Å². The summed E-state index contributed by atoms with van der Waals surface area (Å²) in [6.45, 7) is 1.92. The van der Waals surface area contributed by atoms with Crippen LogP contribution in [0.5, 0.6) is 0 Å². The highest BCUT2D eigenvalue weighted by Gasteiger charge is 2.26. The van der Waals surface area contributed by atoms with E-state index in [1.165, 1.54) is 25.7 Å². The van der Waals surface area contributed by atoms with Crippen LogP contribution in [0.15, 0.2) is 0 Å². The van der Waals surface area contributed by atoms with E-state index in [-0.39, 0.29) is 0 Å². The number of rotatable bonds is 5. The van der Waals surface area contributed by atoms with Crippen molar-refractivity contribution in [3.05, 3.63) is 0 Å². The Hall–Kier alpha value is -0.240. The van der Waals surface area contributed by atoms with E-state index in [1.54, 1.807) is 0 Å². The van der Waals surface area contributed by atoms with Gasteiger partial charge in [0.1, 0.15) is 0 Å². The van der Waals surface area contributed by atoms with Gasteiger partial charge < -0.3 is 4.90 Å². The molecule has 0 aromatic heterocycles. The zero-order valence-electron chi connectivity index (χ0n) is 10.7. The van der Waals surface area contributed by atoms with Crippen LogP contribution in [0, 0.1) is 11.8 Å². The average molecular weight is 258 g/mol. The molecule has 1 saturated carbocycles. The maximum atomic E-state index is 12.0. The van der Waals surface area contributed by atoms with Crippen LogP contribution >= 0.6 is 11.6 Å². The fourth-order valence-electron chi connectivity index (χ4n) is 3.23. The Morgan fingerprint density at radius 1 is 1.12 bits per heavy atom. The highest BCUT2D eigenvalue weighted by Crippen LogP contribution is 2.29. The molecule has 1 aliphatic carbocycles. The highest BCUT2D eigenvalue weighted by atomic mass is 35.5. The number of carbonyl (C=O) groups excluding carboxylic acids is 1. The van der Waals surface area contributed by atoms with Crippen molar-refractivity contribution in [3.63, 3.8) is 0 Å². The topological polar surface area (TPSA) is 20.3 Å². The zero-order valence-corrected chi connectivity index (χ0v) is 11.4. The van der Waals surface area contributed by atoms with Gasteiger partial charge in [0.2, 0.25) is 5.91 Å². The third-order valence-corrected chi connectivity index (χ3v) is 4.62. The highest BCUT2D eigenvalue weighted by molar-refractivity contribution is 6.17. The predicted octanol–water partition coefficient (Wildman–Crippen LogP) is 3.43. The monoisotopic (exact) mass is 257 g/mol. The third kappa shape index (κ3) is 3.87. The van der Waals surface area contributed by atoms with Gasteiger partial charge in [-0.3, -0.25) is 4.79 Å². The summed E-state index contributed by atoms with van der Waals surface area (Å²) in [5, 5.41) is 0. The summed E-state index contributed by atoms with van der Waals surface area (Å²) in [6.07, 6.45) is 9.56. The van der Waals surface area contributed by atoms with Crippen molar-refractivity contribution in [1.82, 2.24) is 4.90 Å². The summed E-state index contributed by atoms with van der Waals surface area (Å²) in [6, 6.07) is 0. The SMILES string of the molecule is O=C(CCC1CCCC1)N1CCC(CCCl)C1.